The lowest BCUT2D eigenvalue weighted by Crippen LogP contribution is -2.29. The van der Waals surface area contributed by atoms with E-state index in [2.05, 4.69) is 26.1 Å². The summed E-state index contributed by atoms with van der Waals surface area (Å²) in [7, 11) is 3.23. The molecular formula is C16H25NO3S. The summed E-state index contributed by atoms with van der Waals surface area (Å²) in [6, 6.07) is 5.49. The minimum atomic E-state index is -0.112. The van der Waals surface area contributed by atoms with E-state index >= 15 is 0 Å². The molecule has 1 rings (SSSR count). The second-order valence-electron chi connectivity index (χ2n) is 5.80. The second-order valence-corrected chi connectivity index (χ2v) is 7.60. The predicted octanol–water partition coefficient (Wildman–Crippen LogP) is 3.41. The lowest BCUT2D eigenvalue weighted by Gasteiger charge is -2.20. The molecular weight excluding hydrogens is 286 g/mol. The standard InChI is InChI=1S/C16H25NO3S/c1-11(17-15(18)10-21-16(2,3)4)13-8-7-12(19-5)9-14(13)20-6/h7-9,11H,10H2,1-6H3,(H,17,18). The summed E-state index contributed by atoms with van der Waals surface area (Å²) < 4.78 is 10.6. The minimum absolute atomic E-state index is 0.0281. The van der Waals surface area contributed by atoms with E-state index in [9.17, 15) is 4.79 Å². The number of hydrogen-bond acceptors (Lipinski definition) is 4. The molecule has 1 aromatic rings. The van der Waals surface area contributed by atoms with Crippen LogP contribution >= 0.6 is 11.8 Å². The maximum Gasteiger partial charge on any atom is 0.230 e. The second kappa shape index (κ2) is 7.59. The van der Waals surface area contributed by atoms with Crippen molar-refractivity contribution in [3.63, 3.8) is 0 Å². The van der Waals surface area contributed by atoms with E-state index in [4.69, 9.17) is 9.47 Å². The number of nitrogens with one attached hydrogen (secondary N) is 1. The zero-order chi connectivity index (χ0) is 16.0. The molecule has 0 aliphatic carbocycles. The Bertz CT molecular complexity index is 483. The Morgan fingerprint density at radius 1 is 1.29 bits per heavy atom. The fourth-order valence-electron chi connectivity index (χ4n) is 1.82. The Balaban J connectivity index is 2.71. The number of hydrogen-bond donors (Lipinski definition) is 1. The number of rotatable bonds is 6. The summed E-state index contributed by atoms with van der Waals surface area (Å²) in [5, 5.41) is 3.00. The Hall–Kier alpha value is -1.36. The van der Waals surface area contributed by atoms with Gasteiger partial charge in [0.1, 0.15) is 11.5 Å². The lowest BCUT2D eigenvalue weighted by molar-refractivity contribution is -0.119. The summed E-state index contributed by atoms with van der Waals surface area (Å²) in [4.78, 5) is 12.0. The fourth-order valence-corrected chi connectivity index (χ4v) is 2.47. The van der Waals surface area contributed by atoms with Crippen LogP contribution in [0.5, 0.6) is 11.5 Å². The number of thioether (sulfide) groups is 1. The van der Waals surface area contributed by atoms with Crippen molar-refractivity contribution in [1.82, 2.24) is 5.32 Å². The van der Waals surface area contributed by atoms with E-state index in [0.29, 0.717) is 11.5 Å². The van der Waals surface area contributed by atoms with Gasteiger partial charge >= 0.3 is 0 Å². The maximum atomic E-state index is 12.0. The zero-order valence-electron chi connectivity index (χ0n) is 13.6. The molecule has 0 saturated heterocycles. The summed E-state index contributed by atoms with van der Waals surface area (Å²) >= 11 is 1.63. The van der Waals surface area contributed by atoms with Crippen molar-refractivity contribution >= 4 is 17.7 Å². The Morgan fingerprint density at radius 2 is 1.95 bits per heavy atom. The van der Waals surface area contributed by atoms with E-state index < -0.39 is 0 Å². The molecule has 0 aliphatic rings. The van der Waals surface area contributed by atoms with Gasteiger partial charge in [-0.3, -0.25) is 4.79 Å². The Labute approximate surface area is 131 Å². The van der Waals surface area contributed by atoms with Crippen LogP contribution < -0.4 is 14.8 Å². The van der Waals surface area contributed by atoms with Gasteiger partial charge in [0, 0.05) is 16.4 Å². The molecule has 1 unspecified atom stereocenters. The third kappa shape index (κ3) is 5.87. The van der Waals surface area contributed by atoms with E-state index in [1.807, 2.05) is 25.1 Å². The highest BCUT2D eigenvalue weighted by Gasteiger charge is 2.17. The number of carbonyl (C=O) groups is 1. The first-order valence-corrected chi connectivity index (χ1v) is 7.90. The molecule has 0 saturated carbocycles. The van der Waals surface area contributed by atoms with Crippen molar-refractivity contribution in [2.45, 2.75) is 38.5 Å². The maximum absolute atomic E-state index is 12.0. The molecule has 0 fully saturated rings. The molecule has 118 valence electrons. The quantitative estimate of drug-likeness (QED) is 0.874. The molecule has 5 heteroatoms. The van der Waals surface area contributed by atoms with Crippen LogP contribution in [0.4, 0.5) is 0 Å². The first-order chi connectivity index (χ1) is 9.76. The topological polar surface area (TPSA) is 47.6 Å². The van der Waals surface area contributed by atoms with Gasteiger partial charge in [-0.15, -0.1) is 11.8 Å². The average molecular weight is 311 g/mol. The molecule has 21 heavy (non-hydrogen) atoms. The van der Waals surface area contributed by atoms with Gasteiger partial charge in [0.25, 0.3) is 0 Å². The number of benzene rings is 1. The van der Waals surface area contributed by atoms with E-state index in [-0.39, 0.29) is 16.7 Å². The number of carbonyl (C=O) groups excluding carboxylic acids is 1. The average Bonchev–Trinajstić information content (AvgIpc) is 2.43. The largest absolute Gasteiger partial charge is 0.497 e. The molecule has 1 aromatic carbocycles. The molecule has 0 bridgehead atoms. The summed E-state index contributed by atoms with van der Waals surface area (Å²) in [6.07, 6.45) is 0. The van der Waals surface area contributed by atoms with Gasteiger partial charge in [-0.25, -0.2) is 0 Å². The Morgan fingerprint density at radius 3 is 2.48 bits per heavy atom. The van der Waals surface area contributed by atoms with E-state index in [0.717, 1.165) is 11.3 Å². The molecule has 1 N–H and O–H groups in total. The van der Waals surface area contributed by atoms with Crippen molar-refractivity contribution in [3.05, 3.63) is 23.8 Å². The number of amides is 1. The van der Waals surface area contributed by atoms with Crippen molar-refractivity contribution in [2.75, 3.05) is 20.0 Å². The summed E-state index contributed by atoms with van der Waals surface area (Å²) in [6.45, 7) is 8.24. The molecule has 4 nitrogen and oxygen atoms in total. The van der Waals surface area contributed by atoms with Gasteiger partial charge in [0.2, 0.25) is 5.91 Å². The highest BCUT2D eigenvalue weighted by molar-refractivity contribution is 8.01. The van der Waals surface area contributed by atoms with Crippen LogP contribution in [-0.4, -0.2) is 30.6 Å². The van der Waals surface area contributed by atoms with Gasteiger partial charge < -0.3 is 14.8 Å². The third-order valence-corrected chi connectivity index (χ3v) is 4.19. The predicted molar refractivity (Wildman–Crippen MR) is 88.3 cm³/mol. The van der Waals surface area contributed by atoms with Crippen LogP contribution in [0.2, 0.25) is 0 Å². The number of ether oxygens (including phenoxy) is 2. The normalized spacial score (nSPS) is 12.7. The van der Waals surface area contributed by atoms with Crippen LogP contribution in [0.3, 0.4) is 0 Å². The van der Waals surface area contributed by atoms with Crippen LogP contribution in [0, 0.1) is 0 Å². The molecule has 0 radical (unpaired) electrons. The summed E-state index contributed by atoms with van der Waals surface area (Å²) in [5.41, 5.74) is 0.937. The van der Waals surface area contributed by atoms with Crippen molar-refractivity contribution in [3.8, 4) is 11.5 Å². The lowest BCUT2D eigenvalue weighted by atomic mass is 10.1. The SMILES string of the molecule is COc1ccc(C(C)NC(=O)CSC(C)(C)C)c(OC)c1. The summed E-state index contributed by atoms with van der Waals surface area (Å²) in [5.74, 6) is 1.93. The van der Waals surface area contributed by atoms with Crippen LogP contribution in [0.25, 0.3) is 0 Å². The van der Waals surface area contributed by atoms with E-state index in [1.54, 1.807) is 26.0 Å². The third-order valence-electron chi connectivity index (χ3n) is 2.92. The highest BCUT2D eigenvalue weighted by Crippen LogP contribution is 2.29. The Kier molecular flexibility index (Phi) is 6.40. The highest BCUT2D eigenvalue weighted by atomic mass is 32.2. The van der Waals surface area contributed by atoms with Gasteiger partial charge in [-0.1, -0.05) is 20.8 Å². The van der Waals surface area contributed by atoms with Crippen molar-refractivity contribution in [1.29, 1.82) is 0 Å². The monoisotopic (exact) mass is 311 g/mol. The van der Waals surface area contributed by atoms with Crippen molar-refractivity contribution < 1.29 is 14.3 Å². The zero-order valence-corrected chi connectivity index (χ0v) is 14.5. The van der Waals surface area contributed by atoms with E-state index in [1.165, 1.54) is 0 Å². The molecule has 0 aliphatic heterocycles. The molecule has 0 spiro atoms. The van der Waals surface area contributed by atoms with Gasteiger partial charge in [-0.2, -0.15) is 0 Å². The minimum Gasteiger partial charge on any atom is -0.497 e. The smallest absolute Gasteiger partial charge is 0.230 e. The van der Waals surface area contributed by atoms with Gasteiger partial charge in [0.05, 0.1) is 26.0 Å². The molecule has 1 amide bonds. The van der Waals surface area contributed by atoms with Crippen LogP contribution in [0.15, 0.2) is 18.2 Å². The first-order valence-electron chi connectivity index (χ1n) is 6.92. The molecule has 0 heterocycles. The number of methoxy groups -OCH3 is 2. The van der Waals surface area contributed by atoms with Gasteiger partial charge in [0.15, 0.2) is 0 Å². The molecule has 0 aromatic heterocycles. The first kappa shape index (κ1) is 17.7. The van der Waals surface area contributed by atoms with Crippen LogP contribution in [-0.2, 0) is 4.79 Å². The fraction of sp³-hybridized carbons (Fsp3) is 0.562. The van der Waals surface area contributed by atoms with Crippen molar-refractivity contribution in [2.24, 2.45) is 0 Å². The molecule has 1 atom stereocenters. The van der Waals surface area contributed by atoms with Crippen LogP contribution in [0.1, 0.15) is 39.3 Å². The van der Waals surface area contributed by atoms with Gasteiger partial charge in [-0.05, 0) is 19.1 Å².